The second kappa shape index (κ2) is 10.1. The number of aromatic nitrogens is 4. The lowest BCUT2D eigenvalue weighted by atomic mass is 9.95. The minimum absolute atomic E-state index is 0.0170. The quantitative estimate of drug-likeness (QED) is 0.544. The molecule has 3 aromatic rings. The van der Waals surface area contributed by atoms with Crippen molar-refractivity contribution in [1.82, 2.24) is 30.0 Å². The number of benzene rings is 1. The average Bonchev–Trinajstić information content (AvgIpc) is 3.28. The van der Waals surface area contributed by atoms with Crippen LogP contribution < -0.4 is 15.0 Å². The standard InChI is InChI=1S/C23H28F3N7O2/c1-31(2)18(16-5-4-6-17(13-16)35-3)14-27-21(34)15-9-11-32(12-10-15)20-8-7-19-28-29-22(23(24,25)26)33(19)30-20/h4-8,13,15,18H,9-12,14H2,1-3H3,(H,27,34)/t18-/m0/s1. The fourth-order valence-corrected chi connectivity index (χ4v) is 4.28. The molecule has 35 heavy (non-hydrogen) atoms. The zero-order chi connectivity index (χ0) is 25.2. The monoisotopic (exact) mass is 491 g/mol. The molecular formula is C23H28F3N7O2. The number of halogens is 3. The fourth-order valence-electron chi connectivity index (χ4n) is 4.28. The van der Waals surface area contributed by atoms with Crippen molar-refractivity contribution >= 4 is 17.4 Å². The van der Waals surface area contributed by atoms with Crippen LogP contribution in [0.15, 0.2) is 36.4 Å². The van der Waals surface area contributed by atoms with Gasteiger partial charge >= 0.3 is 6.18 Å². The molecule has 1 aliphatic rings. The van der Waals surface area contributed by atoms with Gasteiger partial charge in [0.2, 0.25) is 5.91 Å². The van der Waals surface area contributed by atoms with Gasteiger partial charge in [-0.25, -0.2) is 0 Å². The summed E-state index contributed by atoms with van der Waals surface area (Å²) in [5, 5.41) is 13.9. The number of hydrogen-bond acceptors (Lipinski definition) is 7. The lowest BCUT2D eigenvalue weighted by Crippen LogP contribution is -2.43. The third-order valence-corrected chi connectivity index (χ3v) is 6.26. The summed E-state index contributed by atoms with van der Waals surface area (Å²) in [4.78, 5) is 16.8. The van der Waals surface area contributed by atoms with Crippen LogP contribution in [0.4, 0.5) is 19.0 Å². The summed E-state index contributed by atoms with van der Waals surface area (Å²) < 4.78 is 45.5. The molecule has 1 aliphatic heterocycles. The number of carbonyl (C=O) groups is 1. The van der Waals surface area contributed by atoms with E-state index >= 15 is 0 Å². The predicted molar refractivity (Wildman–Crippen MR) is 123 cm³/mol. The van der Waals surface area contributed by atoms with Crippen molar-refractivity contribution in [2.45, 2.75) is 25.1 Å². The number of piperidine rings is 1. The number of carbonyl (C=O) groups excluding carboxylic acids is 1. The minimum atomic E-state index is -4.65. The van der Waals surface area contributed by atoms with Gasteiger partial charge in [0.15, 0.2) is 5.65 Å². The van der Waals surface area contributed by atoms with Gasteiger partial charge in [-0.1, -0.05) is 12.1 Å². The molecule has 2 aromatic heterocycles. The number of alkyl halides is 3. The molecule has 1 aromatic carbocycles. The van der Waals surface area contributed by atoms with E-state index in [4.69, 9.17) is 4.74 Å². The number of amides is 1. The van der Waals surface area contributed by atoms with E-state index in [1.165, 1.54) is 6.07 Å². The van der Waals surface area contributed by atoms with E-state index < -0.39 is 12.0 Å². The largest absolute Gasteiger partial charge is 0.497 e. The van der Waals surface area contributed by atoms with Crippen molar-refractivity contribution in [2.75, 3.05) is 45.7 Å². The first kappa shape index (κ1) is 24.7. The summed E-state index contributed by atoms with van der Waals surface area (Å²) in [5.74, 6) is -0.208. The minimum Gasteiger partial charge on any atom is -0.497 e. The Morgan fingerprint density at radius 3 is 2.60 bits per heavy atom. The zero-order valence-electron chi connectivity index (χ0n) is 19.8. The molecule has 12 heteroatoms. The molecular weight excluding hydrogens is 463 g/mol. The first-order valence-electron chi connectivity index (χ1n) is 11.3. The number of likely N-dealkylation sites (N-methyl/N-ethyl adjacent to an activating group) is 1. The number of anilines is 1. The van der Waals surface area contributed by atoms with Gasteiger partial charge in [-0.2, -0.15) is 17.7 Å². The number of nitrogens with zero attached hydrogens (tertiary/aromatic N) is 6. The Bertz CT molecular complexity index is 1170. The first-order valence-corrected chi connectivity index (χ1v) is 11.3. The van der Waals surface area contributed by atoms with E-state index in [0.717, 1.165) is 11.3 Å². The third-order valence-electron chi connectivity index (χ3n) is 6.26. The maximum atomic E-state index is 13.2. The Morgan fingerprint density at radius 2 is 1.94 bits per heavy atom. The average molecular weight is 492 g/mol. The Hall–Kier alpha value is -3.41. The number of methoxy groups -OCH3 is 1. The molecule has 0 aliphatic carbocycles. The van der Waals surface area contributed by atoms with E-state index in [2.05, 4.69) is 20.6 Å². The Morgan fingerprint density at radius 1 is 1.20 bits per heavy atom. The van der Waals surface area contributed by atoms with E-state index in [-0.39, 0.29) is 23.5 Å². The van der Waals surface area contributed by atoms with Gasteiger partial charge in [0, 0.05) is 25.6 Å². The summed E-state index contributed by atoms with van der Waals surface area (Å²) in [6, 6.07) is 10.8. The second-order valence-electron chi connectivity index (χ2n) is 8.75. The van der Waals surface area contributed by atoms with Crippen molar-refractivity contribution < 1.29 is 22.7 Å². The Balaban J connectivity index is 1.36. The van der Waals surface area contributed by atoms with E-state index in [9.17, 15) is 18.0 Å². The van der Waals surface area contributed by atoms with Gasteiger partial charge in [0.25, 0.3) is 5.82 Å². The lowest BCUT2D eigenvalue weighted by Gasteiger charge is -2.32. The molecule has 1 atom stereocenters. The first-order chi connectivity index (χ1) is 16.7. The van der Waals surface area contributed by atoms with Crippen molar-refractivity contribution in [1.29, 1.82) is 0 Å². The van der Waals surface area contributed by atoms with Gasteiger partial charge in [0.05, 0.1) is 13.2 Å². The molecule has 1 N–H and O–H groups in total. The van der Waals surface area contributed by atoms with Crippen LogP contribution in [0, 0.1) is 5.92 Å². The summed E-state index contributed by atoms with van der Waals surface area (Å²) in [7, 11) is 5.53. The molecule has 0 bridgehead atoms. The molecule has 3 heterocycles. The number of fused-ring (bicyclic) bond motifs is 1. The molecule has 9 nitrogen and oxygen atoms in total. The van der Waals surface area contributed by atoms with E-state index in [1.54, 1.807) is 13.2 Å². The lowest BCUT2D eigenvalue weighted by molar-refractivity contribution is -0.146. The van der Waals surface area contributed by atoms with Crippen molar-refractivity contribution in [3.63, 3.8) is 0 Å². The van der Waals surface area contributed by atoms with Gasteiger partial charge in [-0.05, 0) is 56.8 Å². The number of hydrogen-bond donors (Lipinski definition) is 1. The van der Waals surface area contributed by atoms with E-state index in [0.29, 0.717) is 42.8 Å². The Kier molecular flexibility index (Phi) is 7.10. The molecule has 4 rings (SSSR count). The molecule has 1 saturated heterocycles. The zero-order valence-corrected chi connectivity index (χ0v) is 19.8. The van der Waals surface area contributed by atoms with Crippen LogP contribution in [0.1, 0.15) is 30.3 Å². The highest BCUT2D eigenvalue weighted by Gasteiger charge is 2.38. The van der Waals surface area contributed by atoms with E-state index in [1.807, 2.05) is 48.2 Å². The highest BCUT2D eigenvalue weighted by molar-refractivity contribution is 5.79. The van der Waals surface area contributed by atoms with Crippen LogP contribution in [-0.4, -0.2) is 71.5 Å². The predicted octanol–water partition coefficient (Wildman–Crippen LogP) is 2.79. The molecule has 0 saturated carbocycles. The highest BCUT2D eigenvalue weighted by atomic mass is 19.4. The SMILES string of the molecule is COc1cccc([C@H](CNC(=O)C2CCN(c3ccc4nnc(C(F)(F)F)n4n3)CC2)N(C)C)c1. The summed E-state index contributed by atoms with van der Waals surface area (Å²) >= 11 is 0. The molecule has 0 unspecified atom stereocenters. The maximum absolute atomic E-state index is 13.2. The summed E-state index contributed by atoms with van der Waals surface area (Å²) in [6.07, 6.45) is -3.50. The third kappa shape index (κ3) is 5.47. The van der Waals surface area contributed by atoms with Crippen LogP contribution in [0.5, 0.6) is 5.75 Å². The number of rotatable bonds is 7. The maximum Gasteiger partial charge on any atom is 0.453 e. The number of ether oxygens (including phenoxy) is 1. The topological polar surface area (TPSA) is 87.9 Å². The molecule has 0 radical (unpaired) electrons. The van der Waals surface area contributed by atoms with Gasteiger partial charge < -0.3 is 19.9 Å². The summed E-state index contributed by atoms with van der Waals surface area (Å²) in [5.41, 5.74) is 1.07. The van der Waals surface area contributed by atoms with Gasteiger partial charge in [-0.15, -0.1) is 15.3 Å². The Labute approximate surface area is 200 Å². The normalized spacial score (nSPS) is 16.0. The summed E-state index contributed by atoms with van der Waals surface area (Å²) in [6.45, 7) is 1.46. The van der Waals surface area contributed by atoms with Crippen LogP contribution in [0.3, 0.4) is 0 Å². The van der Waals surface area contributed by atoms with Crippen LogP contribution in [-0.2, 0) is 11.0 Å². The van der Waals surface area contributed by atoms with Crippen molar-refractivity contribution in [2.24, 2.45) is 5.92 Å². The van der Waals surface area contributed by atoms with Crippen LogP contribution >= 0.6 is 0 Å². The molecule has 188 valence electrons. The second-order valence-corrected chi connectivity index (χ2v) is 8.75. The van der Waals surface area contributed by atoms with Crippen molar-refractivity contribution in [3.8, 4) is 5.75 Å². The van der Waals surface area contributed by atoms with Gasteiger partial charge in [0.1, 0.15) is 11.6 Å². The van der Waals surface area contributed by atoms with Crippen LogP contribution in [0.25, 0.3) is 5.65 Å². The van der Waals surface area contributed by atoms with Crippen LogP contribution in [0.2, 0.25) is 0 Å². The molecule has 1 fully saturated rings. The highest BCUT2D eigenvalue weighted by Crippen LogP contribution is 2.29. The molecule has 1 amide bonds. The fraction of sp³-hybridized carbons (Fsp3) is 0.478. The van der Waals surface area contributed by atoms with Crippen molar-refractivity contribution in [3.05, 3.63) is 47.8 Å². The molecule has 0 spiro atoms. The smallest absolute Gasteiger partial charge is 0.453 e. The number of nitrogens with one attached hydrogen (secondary N) is 1. The van der Waals surface area contributed by atoms with Gasteiger partial charge in [-0.3, -0.25) is 4.79 Å².